The van der Waals surface area contributed by atoms with Gasteiger partial charge in [0.25, 0.3) is 0 Å². The summed E-state index contributed by atoms with van der Waals surface area (Å²) in [5, 5.41) is 0. The molecule has 1 rings (SSSR count). The van der Waals surface area contributed by atoms with Gasteiger partial charge in [-0.25, -0.2) is 0 Å². The summed E-state index contributed by atoms with van der Waals surface area (Å²) in [6.07, 6.45) is 4.29. The van der Waals surface area contributed by atoms with Gasteiger partial charge in [0.1, 0.15) is 0 Å². The van der Waals surface area contributed by atoms with Gasteiger partial charge in [0.2, 0.25) is 0 Å². The largest absolute Gasteiger partial charge is 0.469 e. The molecule has 2 heteroatoms. The Labute approximate surface area is 74.3 Å². The topological polar surface area (TPSA) is 26.3 Å². The highest BCUT2D eigenvalue weighted by Crippen LogP contribution is 2.39. The van der Waals surface area contributed by atoms with Crippen molar-refractivity contribution in [3.8, 4) is 0 Å². The Bertz CT molecular complexity index is 167. The smallest absolute Gasteiger partial charge is 0.311 e. The van der Waals surface area contributed by atoms with Crippen LogP contribution >= 0.6 is 0 Å². The zero-order chi connectivity index (χ0) is 9.19. The first kappa shape index (κ1) is 9.56. The van der Waals surface area contributed by atoms with E-state index in [0.717, 1.165) is 31.6 Å². The molecule has 70 valence electrons. The van der Waals surface area contributed by atoms with Crippen LogP contribution in [0.25, 0.3) is 0 Å². The fourth-order valence-corrected chi connectivity index (χ4v) is 1.85. The second kappa shape index (κ2) is 3.46. The SMILES string of the molecule is COC(=O)C1(C)CCC(C)CC1. The number of carbonyl (C=O) groups excluding carboxylic acids is 1. The van der Waals surface area contributed by atoms with Gasteiger partial charge in [0, 0.05) is 0 Å². The Kier molecular flexibility index (Phi) is 2.76. The number of methoxy groups -OCH3 is 1. The molecule has 0 aliphatic heterocycles. The Morgan fingerprint density at radius 1 is 1.42 bits per heavy atom. The minimum Gasteiger partial charge on any atom is -0.469 e. The van der Waals surface area contributed by atoms with E-state index in [9.17, 15) is 4.79 Å². The third kappa shape index (κ3) is 1.79. The summed E-state index contributed by atoms with van der Waals surface area (Å²) in [4.78, 5) is 11.4. The average molecular weight is 170 g/mol. The maximum Gasteiger partial charge on any atom is 0.311 e. The molecule has 0 aromatic carbocycles. The van der Waals surface area contributed by atoms with Gasteiger partial charge in [-0.2, -0.15) is 0 Å². The number of hydrogen-bond donors (Lipinski definition) is 0. The predicted octanol–water partition coefficient (Wildman–Crippen LogP) is 2.38. The van der Waals surface area contributed by atoms with Crippen molar-refractivity contribution in [2.24, 2.45) is 11.3 Å². The van der Waals surface area contributed by atoms with Gasteiger partial charge in [-0.05, 0) is 38.5 Å². The zero-order valence-corrected chi connectivity index (χ0v) is 8.22. The van der Waals surface area contributed by atoms with Gasteiger partial charge in [-0.1, -0.05) is 6.92 Å². The van der Waals surface area contributed by atoms with Crippen LogP contribution in [-0.4, -0.2) is 13.1 Å². The van der Waals surface area contributed by atoms with Crippen LogP contribution in [0.3, 0.4) is 0 Å². The minimum atomic E-state index is -0.193. The molecule has 0 N–H and O–H groups in total. The number of ether oxygens (including phenoxy) is 1. The van der Waals surface area contributed by atoms with Crippen LogP contribution in [0.2, 0.25) is 0 Å². The molecule has 0 saturated heterocycles. The molecule has 0 amide bonds. The molecule has 1 aliphatic carbocycles. The van der Waals surface area contributed by atoms with Crippen LogP contribution in [0.15, 0.2) is 0 Å². The van der Waals surface area contributed by atoms with Gasteiger partial charge >= 0.3 is 5.97 Å². The molecule has 1 aliphatic rings. The summed E-state index contributed by atoms with van der Waals surface area (Å²) in [6, 6.07) is 0. The van der Waals surface area contributed by atoms with Crippen LogP contribution in [0, 0.1) is 11.3 Å². The van der Waals surface area contributed by atoms with Crippen LogP contribution in [-0.2, 0) is 9.53 Å². The Morgan fingerprint density at radius 3 is 2.33 bits per heavy atom. The van der Waals surface area contributed by atoms with Crippen molar-refractivity contribution >= 4 is 5.97 Å². The Balaban J connectivity index is 2.55. The summed E-state index contributed by atoms with van der Waals surface area (Å²) in [5.41, 5.74) is -0.193. The molecule has 0 spiro atoms. The van der Waals surface area contributed by atoms with Crippen molar-refractivity contribution in [1.29, 1.82) is 0 Å². The fourth-order valence-electron chi connectivity index (χ4n) is 1.85. The number of carbonyl (C=O) groups is 1. The molecule has 0 atom stereocenters. The van der Waals surface area contributed by atoms with E-state index in [1.54, 1.807) is 0 Å². The fraction of sp³-hybridized carbons (Fsp3) is 0.900. The molecule has 1 saturated carbocycles. The lowest BCUT2D eigenvalue weighted by Gasteiger charge is -2.33. The molecule has 1 fully saturated rings. The monoisotopic (exact) mass is 170 g/mol. The van der Waals surface area contributed by atoms with Gasteiger partial charge in [0.15, 0.2) is 0 Å². The second-order valence-corrected chi connectivity index (χ2v) is 4.23. The first-order valence-electron chi connectivity index (χ1n) is 4.67. The first-order valence-corrected chi connectivity index (χ1v) is 4.67. The van der Waals surface area contributed by atoms with Crippen LogP contribution in [0.1, 0.15) is 39.5 Å². The molecule has 0 aromatic rings. The summed E-state index contributed by atoms with van der Waals surface area (Å²) in [6.45, 7) is 4.27. The van der Waals surface area contributed by atoms with Crippen molar-refractivity contribution in [2.45, 2.75) is 39.5 Å². The number of hydrogen-bond acceptors (Lipinski definition) is 2. The summed E-state index contributed by atoms with van der Waals surface area (Å²) < 4.78 is 4.79. The molecule has 0 radical (unpaired) electrons. The van der Waals surface area contributed by atoms with E-state index in [1.807, 2.05) is 6.92 Å². The van der Waals surface area contributed by atoms with Gasteiger partial charge < -0.3 is 4.74 Å². The van der Waals surface area contributed by atoms with E-state index in [-0.39, 0.29) is 11.4 Å². The van der Waals surface area contributed by atoms with Crippen LogP contribution < -0.4 is 0 Å². The Morgan fingerprint density at radius 2 is 1.92 bits per heavy atom. The highest BCUT2D eigenvalue weighted by atomic mass is 16.5. The van der Waals surface area contributed by atoms with E-state index in [1.165, 1.54) is 7.11 Å². The third-order valence-electron chi connectivity index (χ3n) is 3.06. The lowest BCUT2D eigenvalue weighted by molar-refractivity contribution is -0.154. The molecule has 0 heterocycles. The zero-order valence-electron chi connectivity index (χ0n) is 8.22. The standard InChI is InChI=1S/C10H18O2/c1-8-4-6-10(2,7-5-8)9(11)12-3/h8H,4-7H2,1-3H3. The lowest BCUT2D eigenvalue weighted by atomic mass is 9.72. The van der Waals surface area contributed by atoms with E-state index in [4.69, 9.17) is 4.74 Å². The van der Waals surface area contributed by atoms with E-state index < -0.39 is 0 Å². The van der Waals surface area contributed by atoms with Crippen molar-refractivity contribution in [3.63, 3.8) is 0 Å². The maximum absolute atomic E-state index is 11.4. The van der Waals surface area contributed by atoms with Gasteiger partial charge in [-0.3, -0.25) is 4.79 Å². The third-order valence-corrected chi connectivity index (χ3v) is 3.06. The summed E-state index contributed by atoms with van der Waals surface area (Å²) in [5.74, 6) is 0.747. The molecule has 0 bridgehead atoms. The van der Waals surface area contributed by atoms with Crippen LogP contribution in [0.4, 0.5) is 0 Å². The maximum atomic E-state index is 11.4. The van der Waals surface area contributed by atoms with E-state index in [2.05, 4.69) is 6.92 Å². The highest BCUT2D eigenvalue weighted by Gasteiger charge is 2.37. The minimum absolute atomic E-state index is 0.0330. The van der Waals surface area contributed by atoms with Gasteiger partial charge in [-0.15, -0.1) is 0 Å². The number of rotatable bonds is 1. The van der Waals surface area contributed by atoms with Gasteiger partial charge in [0.05, 0.1) is 12.5 Å². The summed E-state index contributed by atoms with van der Waals surface area (Å²) >= 11 is 0. The molecular weight excluding hydrogens is 152 g/mol. The first-order chi connectivity index (χ1) is 5.58. The second-order valence-electron chi connectivity index (χ2n) is 4.23. The number of esters is 1. The Hall–Kier alpha value is -0.530. The lowest BCUT2D eigenvalue weighted by Crippen LogP contribution is -2.33. The molecule has 0 unspecified atom stereocenters. The van der Waals surface area contributed by atoms with Crippen molar-refractivity contribution < 1.29 is 9.53 Å². The molecular formula is C10H18O2. The van der Waals surface area contributed by atoms with Crippen molar-refractivity contribution in [3.05, 3.63) is 0 Å². The van der Waals surface area contributed by atoms with Crippen molar-refractivity contribution in [2.75, 3.05) is 7.11 Å². The van der Waals surface area contributed by atoms with E-state index >= 15 is 0 Å². The van der Waals surface area contributed by atoms with Crippen LogP contribution in [0.5, 0.6) is 0 Å². The van der Waals surface area contributed by atoms with E-state index in [0.29, 0.717) is 0 Å². The quantitative estimate of drug-likeness (QED) is 0.565. The highest BCUT2D eigenvalue weighted by molar-refractivity contribution is 5.76. The predicted molar refractivity (Wildman–Crippen MR) is 47.8 cm³/mol. The average Bonchev–Trinajstić information content (AvgIpc) is 2.09. The molecule has 0 aromatic heterocycles. The summed E-state index contributed by atoms with van der Waals surface area (Å²) in [7, 11) is 1.48. The normalized spacial score (nSPS) is 36.1. The van der Waals surface area contributed by atoms with Crippen molar-refractivity contribution in [1.82, 2.24) is 0 Å². The molecule has 2 nitrogen and oxygen atoms in total. The molecule has 12 heavy (non-hydrogen) atoms.